The van der Waals surface area contributed by atoms with Crippen molar-refractivity contribution in [2.45, 2.75) is 17.9 Å². The molecule has 0 aliphatic heterocycles. The average Bonchev–Trinajstić information content (AvgIpc) is 2.77. The third kappa shape index (κ3) is 1.75. The van der Waals surface area contributed by atoms with Crippen molar-refractivity contribution in [3.05, 3.63) is 18.1 Å². The average molecular weight is 267 g/mol. The lowest BCUT2D eigenvalue weighted by molar-refractivity contribution is 0.132. The van der Waals surface area contributed by atoms with Gasteiger partial charge in [0.1, 0.15) is 16.7 Å². The number of nitrogens with two attached hydrogens (primary N) is 1. The molecule has 2 heterocycles. The first-order valence-electron chi connectivity index (χ1n) is 5.57. The van der Waals surface area contributed by atoms with Gasteiger partial charge in [-0.1, -0.05) is 0 Å². The summed E-state index contributed by atoms with van der Waals surface area (Å²) in [6.07, 6.45) is 4.59. The largest absolute Gasteiger partial charge is 0.390 e. The van der Waals surface area contributed by atoms with Gasteiger partial charge in [-0.15, -0.1) is 11.8 Å². The Hall–Kier alpha value is -1.31. The standard InChI is InChI=1S/C11H17N5OS/c1-6(17)11(13-2,18-3)7-4-14-9-8(7)15-5-16-10(9)12/h4-6,13-14,17H,1-3H3,(H2,12,15,16). The summed E-state index contributed by atoms with van der Waals surface area (Å²) in [7, 11) is 1.81. The van der Waals surface area contributed by atoms with Crippen molar-refractivity contribution < 1.29 is 5.11 Å². The number of H-pyrrole nitrogens is 1. The number of aliphatic hydroxyl groups excluding tert-OH is 1. The highest BCUT2D eigenvalue weighted by Gasteiger charge is 2.37. The van der Waals surface area contributed by atoms with E-state index in [2.05, 4.69) is 20.3 Å². The zero-order chi connectivity index (χ0) is 13.3. The number of aliphatic hydroxyl groups is 1. The van der Waals surface area contributed by atoms with Crippen LogP contribution in [0.5, 0.6) is 0 Å². The van der Waals surface area contributed by atoms with E-state index in [-0.39, 0.29) is 0 Å². The molecule has 5 N–H and O–H groups in total. The first-order chi connectivity index (χ1) is 8.56. The van der Waals surface area contributed by atoms with Crippen LogP contribution in [0.1, 0.15) is 12.5 Å². The molecule has 18 heavy (non-hydrogen) atoms. The second kappa shape index (κ2) is 4.75. The molecule has 0 fully saturated rings. The molecule has 0 bridgehead atoms. The van der Waals surface area contributed by atoms with E-state index in [0.29, 0.717) is 11.3 Å². The van der Waals surface area contributed by atoms with E-state index in [1.165, 1.54) is 18.1 Å². The number of nitrogen functional groups attached to an aromatic ring is 1. The Morgan fingerprint density at radius 1 is 1.56 bits per heavy atom. The number of nitrogens with one attached hydrogen (secondary N) is 2. The zero-order valence-corrected chi connectivity index (χ0v) is 11.4. The maximum Gasteiger partial charge on any atom is 0.151 e. The van der Waals surface area contributed by atoms with Crippen LogP contribution < -0.4 is 11.1 Å². The SMILES string of the molecule is CNC(SC)(c1c[nH]c2c(N)ncnc12)C(C)O. The van der Waals surface area contributed by atoms with Gasteiger partial charge in [0.2, 0.25) is 0 Å². The van der Waals surface area contributed by atoms with Crippen LogP contribution >= 0.6 is 11.8 Å². The Kier molecular flexibility index (Phi) is 3.47. The molecule has 2 unspecified atom stereocenters. The minimum atomic E-state index is -0.626. The van der Waals surface area contributed by atoms with Gasteiger partial charge in [-0.3, -0.25) is 5.32 Å². The van der Waals surface area contributed by atoms with Crippen LogP contribution in [0.3, 0.4) is 0 Å². The Morgan fingerprint density at radius 3 is 2.83 bits per heavy atom. The molecule has 98 valence electrons. The van der Waals surface area contributed by atoms with Gasteiger partial charge in [-0.2, -0.15) is 0 Å². The highest BCUT2D eigenvalue weighted by molar-refractivity contribution is 7.99. The van der Waals surface area contributed by atoms with Crippen LogP contribution in [0.15, 0.2) is 12.5 Å². The summed E-state index contributed by atoms with van der Waals surface area (Å²) in [6.45, 7) is 1.75. The summed E-state index contributed by atoms with van der Waals surface area (Å²) in [5, 5.41) is 13.3. The topological polar surface area (TPSA) is 99.9 Å². The third-order valence-corrected chi connectivity index (χ3v) is 4.58. The van der Waals surface area contributed by atoms with Crippen molar-refractivity contribution >= 4 is 28.6 Å². The van der Waals surface area contributed by atoms with E-state index in [9.17, 15) is 5.11 Å². The molecule has 0 saturated carbocycles. The summed E-state index contributed by atoms with van der Waals surface area (Å²) in [5.74, 6) is 0.406. The molecule has 0 spiro atoms. The first-order valence-corrected chi connectivity index (χ1v) is 6.79. The Bertz CT molecular complexity index is 549. The fourth-order valence-corrected chi connectivity index (χ4v) is 3.11. The van der Waals surface area contributed by atoms with Crippen molar-refractivity contribution in [2.24, 2.45) is 0 Å². The summed E-state index contributed by atoms with van der Waals surface area (Å²) < 4.78 is 0. The Labute approximate surface area is 109 Å². The lowest BCUT2D eigenvalue weighted by Crippen LogP contribution is -2.45. The van der Waals surface area contributed by atoms with Gasteiger partial charge >= 0.3 is 0 Å². The van der Waals surface area contributed by atoms with Gasteiger partial charge in [0.15, 0.2) is 5.82 Å². The second-order valence-corrected chi connectivity index (χ2v) is 5.10. The number of fused-ring (bicyclic) bond motifs is 1. The summed E-state index contributed by atoms with van der Waals surface area (Å²) in [4.78, 5) is 10.6. The molecule has 6 nitrogen and oxygen atoms in total. The fraction of sp³-hybridized carbons (Fsp3) is 0.455. The molecule has 2 aromatic rings. The molecule has 0 saturated heterocycles. The number of nitrogens with zero attached hydrogens (tertiary/aromatic N) is 2. The van der Waals surface area contributed by atoms with Gasteiger partial charge in [0.05, 0.1) is 11.6 Å². The highest BCUT2D eigenvalue weighted by atomic mass is 32.2. The summed E-state index contributed by atoms with van der Waals surface area (Å²) >= 11 is 1.52. The van der Waals surface area contributed by atoms with Gasteiger partial charge < -0.3 is 15.8 Å². The van der Waals surface area contributed by atoms with E-state index < -0.39 is 11.0 Å². The van der Waals surface area contributed by atoms with E-state index in [4.69, 9.17) is 5.73 Å². The van der Waals surface area contributed by atoms with Crippen molar-refractivity contribution in [1.29, 1.82) is 0 Å². The van der Waals surface area contributed by atoms with Crippen molar-refractivity contribution in [1.82, 2.24) is 20.3 Å². The molecule has 0 aliphatic carbocycles. The van der Waals surface area contributed by atoms with E-state index in [0.717, 1.165) is 11.1 Å². The number of aromatic amines is 1. The number of rotatable bonds is 4. The number of hydrogen-bond acceptors (Lipinski definition) is 6. The Morgan fingerprint density at radius 2 is 2.28 bits per heavy atom. The van der Waals surface area contributed by atoms with Crippen LogP contribution in [0.4, 0.5) is 5.82 Å². The monoisotopic (exact) mass is 267 g/mol. The molecule has 0 amide bonds. The lowest BCUT2D eigenvalue weighted by Gasteiger charge is -2.34. The highest BCUT2D eigenvalue weighted by Crippen LogP contribution is 2.38. The predicted octanol–water partition coefficient (Wildman–Crippen LogP) is 0.656. The first kappa shape index (κ1) is 13.1. The van der Waals surface area contributed by atoms with Crippen LogP contribution in [-0.4, -0.2) is 39.5 Å². The van der Waals surface area contributed by atoms with Gasteiger partial charge in [-0.25, -0.2) is 9.97 Å². The number of aromatic nitrogens is 3. The molecule has 7 heteroatoms. The smallest absolute Gasteiger partial charge is 0.151 e. The fourth-order valence-electron chi connectivity index (χ4n) is 2.19. The number of thioether (sulfide) groups is 1. The maximum absolute atomic E-state index is 10.1. The molecule has 0 aromatic carbocycles. The number of likely N-dealkylation sites (N-methyl/N-ethyl adjacent to an activating group) is 1. The van der Waals surface area contributed by atoms with E-state index in [1.54, 1.807) is 6.92 Å². The van der Waals surface area contributed by atoms with Crippen LogP contribution in [0, 0.1) is 0 Å². The number of anilines is 1. The van der Waals surface area contributed by atoms with Crippen molar-refractivity contribution in [3.8, 4) is 0 Å². The predicted molar refractivity (Wildman–Crippen MR) is 74.2 cm³/mol. The normalized spacial score (nSPS) is 16.7. The minimum Gasteiger partial charge on any atom is -0.390 e. The van der Waals surface area contributed by atoms with Crippen LogP contribution in [0.2, 0.25) is 0 Å². The molecular formula is C11H17N5OS. The van der Waals surface area contributed by atoms with Gasteiger partial charge in [-0.05, 0) is 20.2 Å². The molecular weight excluding hydrogens is 250 g/mol. The van der Waals surface area contributed by atoms with Gasteiger partial charge in [0.25, 0.3) is 0 Å². The van der Waals surface area contributed by atoms with Gasteiger partial charge in [0, 0.05) is 11.8 Å². The molecule has 2 aromatic heterocycles. The summed E-state index contributed by atoms with van der Waals surface area (Å²) in [6, 6.07) is 0. The molecule has 0 aliphatic rings. The van der Waals surface area contributed by atoms with Crippen LogP contribution in [0.25, 0.3) is 11.0 Å². The minimum absolute atomic E-state index is 0.406. The molecule has 2 atom stereocenters. The third-order valence-electron chi connectivity index (χ3n) is 3.17. The Balaban J connectivity index is 2.69. The molecule has 0 radical (unpaired) electrons. The quantitative estimate of drug-likeness (QED) is 0.607. The molecule has 2 rings (SSSR count). The van der Waals surface area contributed by atoms with Crippen molar-refractivity contribution in [3.63, 3.8) is 0 Å². The van der Waals surface area contributed by atoms with Crippen molar-refractivity contribution in [2.75, 3.05) is 19.0 Å². The zero-order valence-electron chi connectivity index (χ0n) is 10.6. The number of hydrogen-bond donors (Lipinski definition) is 4. The maximum atomic E-state index is 10.1. The van der Waals surface area contributed by atoms with E-state index >= 15 is 0 Å². The lowest BCUT2D eigenvalue weighted by atomic mass is 10.0. The summed E-state index contributed by atoms with van der Waals surface area (Å²) in [5.41, 5.74) is 8.10. The second-order valence-electron chi connectivity index (χ2n) is 4.05. The van der Waals surface area contributed by atoms with Crippen LogP contribution in [-0.2, 0) is 4.87 Å². The van der Waals surface area contributed by atoms with E-state index in [1.807, 2.05) is 19.5 Å².